The minimum atomic E-state index is -0.290. The number of nitrogens with two attached hydrogens (primary N) is 1. The van der Waals surface area contributed by atoms with Crippen LogP contribution < -0.4 is 5.73 Å². The average molecular weight is 207 g/mol. The molecule has 0 atom stereocenters. The molecule has 74 valence electrons. The summed E-state index contributed by atoms with van der Waals surface area (Å²) in [6.07, 6.45) is 5.20. The Bertz CT molecular complexity index is 403. The van der Waals surface area contributed by atoms with Crippen LogP contribution in [-0.2, 0) is 12.8 Å². The van der Waals surface area contributed by atoms with E-state index in [1.807, 2.05) is 5.38 Å². The van der Waals surface area contributed by atoms with E-state index in [4.69, 9.17) is 5.73 Å². The van der Waals surface area contributed by atoms with E-state index in [-0.39, 0.29) is 5.91 Å². The molecule has 0 unspecified atom stereocenters. The zero-order valence-electron chi connectivity index (χ0n) is 8.17. The van der Waals surface area contributed by atoms with Gasteiger partial charge in [0.2, 0.25) is 5.91 Å². The third kappa shape index (κ3) is 1.60. The van der Waals surface area contributed by atoms with Gasteiger partial charge < -0.3 is 5.73 Å². The van der Waals surface area contributed by atoms with Crippen molar-refractivity contribution in [2.45, 2.75) is 26.2 Å². The van der Waals surface area contributed by atoms with Crippen molar-refractivity contribution in [3.8, 4) is 0 Å². The molecule has 0 aliphatic heterocycles. The summed E-state index contributed by atoms with van der Waals surface area (Å²) in [6.45, 7) is 2.14. The van der Waals surface area contributed by atoms with E-state index < -0.39 is 0 Å². The molecule has 1 aliphatic carbocycles. The molecule has 1 aliphatic rings. The second-order valence-corrected chi connectivity index (χ2v) is 4.65. The number of primary amides is 1. The van der Waals surface area contributed by atoms with Crippen LogP contribution in [0.25, 0.3) is 0 Å². The first-order valence-corrected chi connectivity index (χ1v) is 5.61. The summed E-state index contributed by atoms with van der Waals surface area (Å²) in [5.41, 5.74) is 8.62. The Kier molecular flexibility index (Phi) is 2.42. The Morgan fingerprint density at radius 1 is 1.57 bits per heavy atom. The van der Waals surface area contributed by atoms with Gasteiger partial charge in [-0.3, -0.25) is 4.79 Å². The molecular weight excluding hydrogens is 194 g/mol. The highest BCUT2D eigenvalue weighted by molar-refractivity contribution is 7.10. The highest BCUT2D eigenvalue weighted by Crippen LogP contribution is 2.28. The van der Waals surface area contributed by atoms with Crippen LogP contribution >= 0.6 is 11.3 Å². The fourth-order valence-corrected chi connectivity index (χ4v) is 3.02. The standard InChI is InChI=1S/C11H13NOS/c1-7-3-2-4-8-9(11(12)13)6-14-10(8)5-7/h3,6H,2,4-5H2,1H3,(H2,12,13). The largest absolute Gasteiger partial charge is 0.366 e. The van der Waals surface area contributed by atoms with Crippen molar-refractivity contribution in [1.29, 1.82) is 0 Å². The maximum atomic E-state index is 11.1. The highest BCUT2D eigenvalue weighted by Gasteiger charge is 2.16. The molecule has 0 spiro atoms. The SMILES string of the molecule is CC1=CCCc2c(C(N)=O)csc2C1. The number of thiophene rings is 1. The predicted octanol–water partition coefficient (Wildman–Crippen LogP) is 2.28. The van der Waals surface area contributed by atoms with Gasteiger partial charge in [0.05, 0.1) is 5.56 Å². The van der Waals surface area contributed by atoms with Crippen molar-refractivity contribution < 1.29 is 4.79 Å². The smallest absolute Gasteiger partial charge is 0.249 e. The lowest BCUT2D eigenvalue weighted by Gasteiger charge is -2.00. The minimum absolute atomic E-state index is 0.290. The summed E-state index contributed by atoms with van der Waals surface area (Å²) >= 11 is 1.66. The van der Waals surface area contributed by atoms with Crippen LogP contribution in [0.5, 0.6) is 0 Å². The normalized spacial score (nSPS) is 15.6. The van der Waals surface area contributed by atoms with Crippen LogP contribution in [-0.4, -0.2) is 5.91 Å². The van der Waals surface area contributed by atoms with Crippen molar-refractivity contribution in [3.05, 3.63) is 33.0 Å². The number of hydrogen-bond donors (Lipinski definition) is 1. The molecule has 3 heteroatoms. The van der Waals surface area contributed by atoms with E-state index in [1.54, 1.807) is 11.3 Å². The van der Waals surface area contributed by atoms with Gasteiger partial charge in [-0.1, -0.05) is 11.6 Å². The summed E-state index contributed by atoms with van der Waals surface area (Å²) in [4.78, 5) is 12.4. The molecule has 0 bridgehead atoms. The molecule has 1 amide bonds. The second kappa shape index (κ2) is 3.58. The molecule has 1 aromatic heterocycles. The Hall–Kier alpha value is -1.09. The molecule has 1 heterocycles. The Balaban J connectivity index is 2.42. The number of allylic oxidation sites excluding steroid dienone is 2. The highest BCUT2D eigenvalue weighted by atomic mass is 32.1. The summed E-state index contributed by atoms with van der Waals surface area (Å²) in [5, 5.41) is 1.89. The van der Waals surface area contributed by atoms with Crippen LogP contribution in [0.2, 0.25) is 0 Å². The third-order valence-corrected chi connectivity index (χ3v) is 3.60. The van der Waals surface area contributed by atoms with Gasteiger partial charge in [0.25, 0.3) is 0 Å². The lowest BCUT2D eigenvalue weighted by Crippen LogP contribution is -2.12. The van der Waals surface area contributed by atoms with E-state index in [0.29, 0.717) is 0 Å². The van der Waals surface area contributed by atoms with Gasteiger partial charge in [-0.15, -0.1) is 11.3 Å². The number of fused-ring (bicyclic) bond motifs is 1. The maximum absolute atomic E-state index is 11.1. The van der Waals surface area contributed by atoms with Crippen LogP contribution in [0.1, 0.15) is 34.1 Å². The van der Waals surface area contributed by atoms with E-state index in [2.05, 4.69) is 13.0 Å². The van der Waals surface area contributed by atoms with Gasteiger partial charge in [-0.25, -0.2) is 0 Å². The molecular formula is C11H13NOS. The van der Waals surface area contributed by atoms with E-state index in [9.17, 15) is 4.79 Å². The number of carbonyl (C=O) groups excluding carboxylic acids is 1. The lowest BCUT2D eigenvalue weighted by molar-refractivity contribution is 0.1000. The summed E-state index contributed by atoms with van der Waals surface area (Å²) < 4.78 is 0. The first-order chi connectivity index (χ1) is 6.68. The average Bonchev–Trinajstić information content (AvgIpc) is 2.41. The molecule has 0 saturated carbocycles. The second-order valence-electron chi connectivity index (χ2n) is 3.68. The Labute approximate surface area is 87.4 Å². The molecule has 0 aromatic carbocycles. The van der Waals surface area contributed by atoms with E-state index in [0.717, 1.165) is 24.8 Å². The fraction of sp³-hybridized carbons (Fsp3) is 0.364. The van der Waals surface area contributed by atoms with Crippen molar-refractivity contribution in [3.63, 3.8) is 0 Å². The van der Waals surface area contributed by atoms with Crippen molar-refractivity contribution in [2.75, 3.05) is 0 Å². The Morgan fingerprint density at radius 3 is 3.07 bits per heavy atom. The third-order valence-electron chi connectivity index (χ3n) is 2.57. The number of rotatable bonds is 1. The van der Waals surface area contributed by atoms with Gasteiger partial charge in [0.1, 0.15) is 0 Å². The fourth-order valence-electron chi connectivity index (χ4n) is 1.84. The summed E-state index contributed by atoms with van der Waals surface area (Å²) in [5.74, 6) is -0.290. The summed E-state index contributed by atoms with van der Waals surface area (Å²) in [7, 11) is 0. The van der Waals surface area contributed by atoms with Crippen LogP contribution in [0.4, 0.5) is 0 Å². The van der Waals surface area contributed by atoms with Gasteiger partial charge in [0.15, 0.2) is 0 Å². The van der Waals surface area contributed by atoms with Crippen LogP contribution in [0, 0.1) is 0 Å². The molecule has 2 rings (SSSR count). The first kappa shape index (κ1) is 9.46. The van der Waals surface area contributed by atoms with Crippen LogP contribution in [0.15, 0.2) is 17.0 Å². The zero-order chi connectivity index (χ0) is 10.1. The number of carbonyl (C=O) groups is 1. The number of hydrogen-bond acceptors (Lipinski definition) is 2. The first-order valence-electron chi connectivity index (χ1n) is 4.73. The number of amides is 1. The van der Waals surface area contributed by atoms with Gasteiger partial charge in [0, 0.05) is 16.7 Å². The quantitative estimate of drug-likeness (QED) is 0.705. The summed E-state index contributed by atoms with van der Waals surface area (Å²) in [6, 6.07) is 0. The lowest BCUT2D eigenvalue weighted by atomic mass is 10.1. The maximum Gasteiger partial charge on any atom is 0.249 e. The molecule has 0 saturated heterocycles. The molecule has 1 aromatic rings. The van der Waals surface area contributed by atoms with Crippen LogP contribution in [0.3, 0.4) is 0 Å². The van der Waals surface area contributed by atoms with Crippen molar-refractivity contribution >= 4 is 17.2 Å². The van der Waals surface area contributed by atoms with Crippen molar-refractivity contribution in [1.82, 2.24) is 0 Å². The predicted molar refractivity (Wildman–Crippen MR) is 58.6 cm³/mol. The molecule has 0 fully saturated rings. The van der Waals surface area contributed by atoms with E-state index in [1.165, 1.54) is 16.0 Å². The zero-order valence-corrected chi connectivity index (χ0v) is 8.99. The molecule has 2 N–H and O–H groups in total. The van der Waals surface area contributed by atoms with E-state index >= 15 is 0 Å². The molecule has 0 radical (unpaired) electrons. The molecule has 14 heavy (non-hydrogen) atoms. The molecule has 2 nitrogen and oxygen atoms in total. The topological polar surface area (TPSA) is 43.1 Å². The van der Waals surface area contributed by atoms with Crippen molar-refractivity contribution in [2.24, 2.45) is 5.73 Å². The monoisotopic (exact) mass is 207 g/mol. The van der Waals surface area contributed by atoms with Gasteiger partial charge in [-0.05, 0) is 25.3 Å². The van der Waals surface area contributed by atoms with Gasteiger partial charge in [-0.2, -0.15) is 0 Å². The Morgan fingerprint density at radius 2 is 2.36 bits per heavy atom. The minimum Gasteiger partial charge on any atom is -0.366 e. The van der Waals surface area contributed by atoms with Gasteiger partial charge >= 0.3 is 0 Å².